The lowest BCUT2D eigenvalue weighted by molar-refractivity contribution is -0.118. The van der Waals surface area contributed by atoms with E-state index in [1.165, 1.54) is 18.5 Å². The van der Waals surface area contributed by atoms with Gasteiger partial charge in [0.1, 0.15) is 5.75 Å². The number of carboxylic acid groups (broad SMARTS) is 1. The summed E-state index contributed by atoms with van der Waals surface area (Å²) in [4.78, 5) is 26.3. The van der Waals surface area contributed by atoms with Crippen LogP contribution in [0.15, 0.2) is 47.2 Å². The highest BCUT2D eigenvalue weighted by Crippen LogP contribution is 2.21. The first kappa shape index (κ1) is 15.0. The van der Waals surface area contributed by atoms with Gasteiger partial charge in [-0.2, -0.15) is 0 Å². The van der Waals surface area contributed by atoms with E-state index in [1.807, 2.05) is 6.07 Å². The van der Waals surface area contributed by atoms with Gasteiger partial charge in [0.25, 0.3) is 5.91 Å². The second kappa shape index (κ2) is 6.85. The Morgan fingerprint density at radius 2 is 2.05 bits per heavy atom. The summed E-state index contributed by atoms with van der Waals surface area (Å²) in [5, 5.41) is 11.5. The summed E-state index contributed by atoms with van der Waals surface area (Å²) in [5.41, 5.74) is 0.627. The number of para-hydroxylation sites is 1. The molecule has 0 spiro atoms. The Balaban J connectivity index is 1.94. The van der Waals surface area contributed by atoms with E-state index in [1.54, 1.807) is 18.2 Å². The summed E-state index contributed by atoms with van der Waals surface area (Å²) in [7, 11) is 0. The number of hydrogen-bond acceptors (Lipinski definition) is 4. The van der Waals surface area contributed by atoms with Crippen LogP contribution >= 0.6 is 15.9 Å². The zero-order valence-electron chi connectivity index (χ0n) is 10.7. The number of ether oxygens (including phenoxy) is 1. The monoisotopic (exact) mass is 350 g/mol. The molecular formula is C14H11BrN2O4. The standard InChI is InChI=1S/C14H11BrN2O4/c15-11-3-1-2-4-12(11)17-13(18)8-21-10-5-9(14(19)20)6-16-7-10/h1-7H,8H2,(H,17,18)(H,19,20). The van der Waals surface area contributed by atoms with Crippen LogP contribution in [-0.2, 0) is 4.79 Å². The summed E-state index contributed by atoms with van der Waals surface area (Å²) in [6, 6.07) is 8.48. The summed E-state index contributed by atoms with van der Waals surface area (Å²) >= 11 is 3.32. The number of aromatic nitrogens is 1. The lowest BCUT2D eigenvalue weighted by Gasteiger charge is -2.08. The van der Waals surface area contributed by atoms with Crippen LogP contribution in [0.1, 0.15) is 10.4 Å². The molecule has 0 unspecified atom stereocenters. The molecule has 6 nitrogen and oxygen atoms in total. The van der Waals surface area contributed by atoms with Gasteiger partial charge in [0.05, 0.1) is 17.4 Å². The van der Waals surface area contributed by atoms with Gasteiger partial charge in [-0.25, -0.2) is 4.79 Å². The molecule has 0 saturated carbocycles. The quantitative estimate of drug-likeness (QED) is 0.864. The van der Waals surface area contributed by atoms with Gasteiger partial charge in [0.2, 0.25) is 0 Å². The molecule has 1 amide bonds. The van der Waals surface area contributed by atoms with Crippen LogP contribution < -0.4 is 10.1 Å². The third-order valence-corrected chi connectivity index (χ3v) is 3.17. The zero-order chi connectivity index (χ0) is 15.2. The van der Waals surface area contributed by atoms with Crippen molar-refractivity contribution >= 4 is 33.5 Å². The summed E-state index contributed by atoms with van der Waals surface area (Å²) in [6.07, 6.45) is 2.55. The Kier molecular flexibility index (Phi) is 4.89. The highest BCUT2D eigenvalue weighted by atomic mass is 79.9. The Morgan fingerprint density at radius 1 is 1.29 bits per heavy atom. The maximum atomic E-state index is 11.8. The van der Waals surface area contributed by atoms with Crippen LogP contribution in [0.5, 0.6) is 5.75 Å². The third kappa shape index (κ3) is 4.28. The number of rotatable bonds is 5. The molecule has 0 aliphatic carbocycles. The van der Waals surface area contributed by atoms with Gasteiger partial charge in [-0.1, -0.05) is 12.1 Å². The average molecular weight is 351 g/mol. The maximum Gasteiger partial charge on any atom is 0.337 e. The minimum absolute atomic E-state index is 0.00119. The number of anilines is 1. The molecular weight excluding hydrogens is 340 g/mol. The molecule has 2 N–H and O–H groups in total. The van der Waals surface area contributed by atoms with Crippen LogP contribution in [0, 0.1) is 0 Å². The number of halogens is 1. The molecule has 2 aromatic rings. The number of nitrogens with one attached hydrogen (secondary N) is 1. The molecule has 21 heavy (non-hydrogen) atoms. The number of hydrogen-bond donors (Lipinski definition) is 2. The van der Waals surface area contributed by atoms with Gasteiger partial charge < -0.3 is 15.2 Å². The van der Waals surface area contributed by atoms with E-state index in [9.17, 15) is 9.59 Å². The fourth-order valence-corrected chi connectivity index (χ4v) is 1.90. The Hall–Kier alpha value is -2.41. The average Bonchev–Trinajstić information content (AvgIpc) is 2.48. The van der Waals surface area contributed by atoms with Crippen molar-refractivity contribution in [2.24, 2.45) is 0 Å². The van der Waals surface area contributed by atoms with Gasteiger partial charge in [0.15, 0.2) is 6.61 Å². The number of pyridine rings is 1. The first-order chi connectivity index (χ1) is 10.1. The van der Waals surface area contributed by atoms with Crippen molar-refractivity contribution in [3.8, 4) is 5.75 Å². The minimum atomic E-state index is -1.11. The van der Waals surface area contributed by atoms with Crippen molar-refractivity contribution in [2.75, 3.05) is 11.9 Å². The van der Waals surface area contributed by atoms with Gasteiger partial charge in [-0.05, 0) is 34.1 Å². The van der Waals surface area contributed by atoms with Crippen LogP contribution in [0.3, 0.4) is 0 Å². The van der Waals surface area contributed by atoms with Gasteiger partial charge >= 0.3 is 5.97 Å². The molecule has 2 rings (SSSR count). The number of carboxylic acids is 1. The minimum Gasteiger partial charge on any atom is -0.482 e. The van der Waals surface area contributed by atoms with Crippen LogP contribution in [-0.4, -0.2) is 28.6 Å². The van der Waals surface area contributed by atoms with E-state index >= 15 is 0 Å². The van der Waals surface area contributed by atoms with Crippen molar-refractivity contribution in [3.05, 3.63) is 52.8 Å². The molecule has 0 bridgehead atoms. The second-order valence-corrected chi connectivity index (χ2v) is 4.89. The summed E-state index contributed by atoms with van der Waals surface area (Å²) in [6.45, 7) is -0.244. The smallest absolute Gasteiger partial charge is 0.337 e. The Labute approximate surface area is 128 Å². The van der Waals surface area contributed by atoms with E-state index in [4.69, 9.17) is 9.84 Å². The molecule has 0 radical (unpaired) electrons. The largest absolute Gasteiger partial charge is 0.482 e. The van der Waals surface area contributed by atoms with Crippen LogP contribution in [0.4, 0.5) is 5.69 Å². The van der Waals surface area contributed by atoms with Crippen molar-refractivity contribution in [1.29, 1.82) is 0 Å². The predicted octanol–water partition coefficient (Wildman–Crippen LogP) is 2.56. The maximum absolute atomic E-state index is 11.8. The number of benzene rings is 1. The highest BCUT2D eigenvalue weighted by Gasteiger charge is 2.08. The lowest BCUT2D eigenvalue weighted by atomic mass is 10.3. The van der Waals surface area contributed by atoms with Crippen LogP contribution in [0.25, 0.3) is 0 Å². The molecule has 1 heterocycles. The highest BCUT2D eigenvalue weighted by molar-refractivity contribution is 9.10. The Morgan fingerprint density at radius 3 is 2.76 bits per heavy atom. The van der Waals surface area contributed by atoms with Gasteiger partial charge in [-0.3, -0.25) is 9.78 Å². The van der Waals surface area contributed by atoms with Gasteiger partial charge in [-0.15, -0.1) is 0 Å². The van der Waals surface area contributed by atoms with Crippen molar-refractivity contribution in [1.82, 2.24) is 4.98 Å². The molecule has 0 saturated heterocycles. The molecule has 1 aromatic carbocycles. The first-order valence-corrected chi connectivity index (χ1v) is 6.71. The predicted molar refractivity (Wildman–Crippen MR) is 79.5 cm³/mol. The zero-order valence-corrected chi connectivity index (χ0v) is 12.3. The van der Waals surface area contributed by atoms with Crippen molar-refractivity contribution in [3.63, 3.8) is 0 Å². The topological polar surface area (TPSA) is 88.5 Å². The van der Waals surface area contributed by atoms with E-state index in [-0.39, 0.29) is 23.8 Å². The number of carbonyl (C=O) groups excluding carboxylic acids is 1. The van der Waals surface area contributed by atoms with Gasteiger partial charge in [0, 0.05) is 10.7 Å². The Bertz CT molecular complexity index is 676. The normalized spacial score (nSPS) is 9.95. The summed E-state index contributed by atoms with van der Waals surface area (Å²) < 4.78 is 5.97. The van der Waals surface area contributed by atoms with Crippen LogP contribution in [0.2, 0.25) is 0 Å². The number of amides is 1. The number of carbonyl (C=O) groups is 2. The molecule has 0 fully saturated rings. The van der Waals surface area contributed by atoms with E-state index in [0.717, 1.165) is 4.47 Å². The summed E-state index contributed by atoms with van der Waals surface area (Å²) in [5.74, 6) is -1.24. The lowest BCUT2D eigenvalue weighted by Crippen LogP contribution is -2.20. The molecule has 7 heteroatoms. The molecule has 108 valence electrons. The second-order valence-electron chi connectivity index (χ2n) is 4.03. The first-order valence-electron chi connectivity index (χ1n) is 5.92. The van der Waals surface area contributed by atoms with E-state index in [0.29, 0.717) is 5.69 Å². The van der Waals surface area contributed by atoms with Crippen molar-refractivity contribution < 1.29 is 19.4 Å². The van der Waals surface area contributed by atoms with Crippen molar-refractivity contribution in [2.45, 2.75) is 0 Å². The fraction of sp³-hybridized carbons (Fsp3) is 0.0714. The molecule has 1 aromatic heterocycles. The number of nitrogens with zero attached hydrogens (tertiary/aromatic N) is 1. The third-order valence-electron chi connectivity index (χ3n) is 2.48. The molecule has 0 atom stereocenters. The SMILES string of the molecule is O=C(COc1cncc(C(=O)O)c1)Nc1ccccc1Br. The molecule has 0 aliphatic heterocycles. The van der Waals surface area contributed by atoms with E-state index < -0.39 is 5.97 Å². The van der Waals surface area contributed by atoms with E-state index in [2.05, 4.69) is 26.2 Å². The molecule has 0 aliphatic rings. The fourth-order valence-electron chi connectivity index (χ4n) is 1.51. The number of aromatic carboxylic acids is 1.